The lowest BCUT2D eigenvalue weighted by Crippen LogP contribution is -1.99. The molecule has 0 amide bonds. The maximum atomic E-state index is 12.1. The molecule has 0 aliphatic rings. The van der Waals surface area contributed by atoms with Gasteiger partial charge >= 0.3 is 0 Å². The fourth-order valence-electron chi connectivity index (χ4n) is 1.82. The highest BCUT2D eigenvalue weighted by Crippen LogP contribution is 2.19. The van der Waals surface area contributed by atoms with E-state index in [1.54, 1.807) is 0 Å². The van der Waals surface area contributed by atoms with E-state index in [1.165, 1.54) is 16.0 Å². The molecule has 106 valence electrons. The molecule has 0 fully saturated rings. The molecule has 0 spiro atoms. The predicted molar refractivity (Wildman–Crippen MR) is 89.0 cm³/mol. The molecule has 0 bridgehead atoms. The van der Waals surface area contributed by atoms with Crippen molar-refractivity contribution in [3.8, 4) is 0 Å². The van der Waals surface area contributed by atoms with Crippen LogP contribution in [0.5, 0.6) is 0 Å². The average Bonchev–Trinajstić information content (AvgIpc) is 2.46. The smallest absolute Gasteiger partial charge is 0.0529 e. The lowest BCUT2D eigenvalue weighted by molar-refractivity contribution is 0.682. The Labute approximate surface area is 128 Å². The van der Waals surface area contributed by atoms with Crippen LogP contribution in [0.15, 0.2) is 58.3 Å². The largest absolute Gasteiger partial charge is 0.254 e. The van der Waals surface area contributed by atoms with E-state index in [4.69, 9.17) is 0 Å². The van der Waals surface area contributed by atoms with Crippen molar-refractivity contribution in [1.29, 1.82) is 0 Å². The molecule has 20 heavy (non-hydrogen) atoms. The SMILES string of the molecule is Cc1ccc(SCCCS(=O)c2ccc(C)cc2)cc1. The topological polar surface area (TPSA) is 17.1 Å². The highest BCUT2D eigenvalue weighted by Gasteiger charge is 2.03. The van der Waals surface area contributed by atoms with E-state index < -0.39 is 10.8 Å². The molecule has 0 aliphatic heterocycles. The van der Waals surface area contributed by atoms with Crippen LogP contribution in [-0.2, 0) is 10.8 Å². The minimum atomic E-state index is -0.867. The van der Waals surface area contributed by atoms with Crippen LogP contribution in [0.2, 0.25) is 0 Å². The second-order valence-corrected chi connectivity index (χ2v) is 7.62. The molecular formula is C17H20OS2. The van der Waals surface area contributed by atoms with Gasteiger partial charge in [0, 0.05) is 15.5 Å². The molecule has 0 heterocycles. The molecular weight excluding hydrogens is 284 g/mol. The molecule has 0 saturated heterocycles. The van der Waals surface area contributed by atoms with Crippen molar-refractivity contribution in [2.24, 2.45) is 0 Å². The quantitative estimate of drug-likeness (QED) is 0.573. The second kappa shape index (κ2) is 7.65. The number of aryl methyl sites for hydroxylation is 2. The number of thioether (sulfide) groups is 1. The van der Waals surface area contributed by atoms with Crippen LogP contribution in [0.3, 0.4) is 0 Å². The van der Waals surface area contributed by atoms with E-state index in [-0.39, 0.29) is 0 Å². The summed E-state index contributed by atoms with van der Waals surface area (Å²) in [5.41, 5.74) is 2.50. The maximum absolute atomic E-state index is 12.1. The van der Waals surface area contributed by atoms with E-state index >= 15 is 0 Å². The molecule has 2 rings (SSSR count). The standard InChI is InChI=1S/C17H20OS2/c1-14-4-8-16(9-5-14)19-12-3-13-20(18)17-10-6-15(2)7-11-17/h4-11H,3,12-13H2,1-2H3. The zero-order chi connectivity index (χ0) is 14.4. The highest BCUT2D eigenvalue weighted by molar-refractivity contribution is 7.99. The van der Waals surface area contributed by atoms with Crippen molar-refractivity contribution in [3.05, 3.63) is 59.7 Å². The van der Waals surface area contributed by atoms with E-state index in [9.17, 15) is 4.21 Å². The van der Waals surface area contributed by atoms with E-state index in [0.29, 0.717) is 0 Å². The van der Waals surface area contributed by atoms with Crippen molar-refractivity contribution in [1.82, 2.24) is 0 Å². The number of hydrogen-bond donors (Lipinski definition) is 0. The Hall–Kier alpha value is -1.06. The Bertz CT molecular complexity index is 559. The van der Waals surface area contributed by atoms with Crippen molar-refractivity contribution >= 4 is 22.6 Å². The van der Waals surface area contributed by atoms with Gasteiger partial charge in [-0.15, -0.1) is 11.8 Å². The Balaban J connectivity index is 1.74. The van der Waals surface area contributed by atoms with Crippen LogP contribution in [0.25, 0.3) is 0 Å². The van der Waals surface area contributed by atoms with Crippen molar-refractivity contribution in [2.75, 3.05) is 11.5 Å². The van der Waals surface area contributed by atoms with Gasteiger partial charge in [-0.3, -0.25) is 4.21 Å². The maximum Gasteiger partial charge on any atom is 0.0529 e. The fraction of sp³-hybridized carbons (Fsp3) is 0.294. The second-order valence-electron chi connectivity index (χ2n) is 4.88. The van der Waals surface area contributed by atoms with Gasteiger partial charge in [0.05, 0.1) is 10.8 Å². The monoisotopic (exact) mass is 304 g/mol. The van der Waals surface area contributed by atoms with Crippen LogP contribution in [0.1, 0.15) is 17.5 Å². The summed E-state index contributed by atoms with van der Waals surface area (Å²) in [5.74, 6) is 1.75. The first-order valence-electron chi connectivity index (χ1n) is 6.79. The van der Waals surface area contributed by atoms with Crippen molar-refractivity contribution < 1.29 is 4.21 Å². The van der Waals surface area contributed by atoms with Crippen molar-refractivity contribution in [2.45, 2.75) is 30.1 Å². The molecule has 0 radical (unpaired) electrons. The predicted octanol–water partition coefficient (Wildman–Crippen LogP) is 4.59. The lowest BCUT2D eigenvalue weighted by atomic mass is 10.2. The van der Waals surface area contributed by atoms with Crippen LogP contribution in [0, 0.1) is 13.8 Å². The average molecular weight is 304 g/mol. The molecule has 1 nitrogen and oxygen atoms in total. The Morgan fingerprint density at radius 2 is 1.45 bits per heavy atom. The molecule has 1 unspecified atom stereocenters. The summed E-state index contributed by atoms with van der Waals surface area (Å²) in [6.07, 6.45) is 0.971. The molecule has 1 atom stereocenters. The van der Waals surface area contributed by atoms with Crippen LogP contribution in [0.4, 0.5) is 0 Å². The number of rotatable bonds is 6. The van der Waals surface area contributed by atoms with Gasteiger partial charge in [0.1, 0.15) is 0 Å². The van der Waals surface area contributed by atoms with Crippen LogP contribution < -0.4 is 0 Å². The minimum absolute atomic E-state index is 0.738. The van der Waals surface area contributed by atoms with Gasteiger partial charge in [0.25, 0.3) is 0 Å². The summed E-state index contributed by atoms with van der Waals surface area (Å²) >= 11 is 1.83. The summed E-state index contributed by atoms with van der Waals surface area (Å²) in [6.45, 7) is 4.14. The minimum Gasteiger partial charge on any atom is -0.254 e. The first-order valence-corrected chi connectivity index (χ1v) is 9.10. The van der Waals surface area contributed by atoms with Gasteiger partial charge in [-0.2, -0.15) is 0 Å². The number of benzene rings is 2. The summed E-state index contributed by atoms with van der Waals surface area (Å²) < 4.78 is 12.1. The Morgan fingerprint density at radius 1 is 0.900 bits per heavy atom. The van der Waals surface area contributed by atoms with E-state index in [2.05, 4.69) is 31.2 Å². The van der Waals surface area contributed by atoms with Gasteiger partial charge in [-0.05, 0) is 50.3 Å². The molecule has 0 aliphatic carbocycles. The molecule has 2 aromatic rings. The Morgan fingerprint density at radius 3 is 2.05 bits per heavy atom. The normalized spacial score (nSPS) is 12.3. The summed E-state index contributed by atoms with van der Waals surface area (Å²) in [7, 11) is -0.867. The first-order chi connectivity index (χ1) is 9.65. The van der Waals surface area contributed by atoms with Crippen LogP contribution in [-0.4, -0.2) is 15.7 Å². The van der Waals surface area contributed by atoms with Gasteiger partial charge in [-0.1, -0.05) is 35.4 Å². The molecule has 0 aromatic heterocycles. The summed E-state index contributed by atoms with van der Waals surface area (Å²) in [4.78, 5) is 2.23. The van der Waals surface area contributed by atoms with Crippen molar-refractivity contribution in [3.63, 3.8) is 0 Å². The van der Waals surface area contributed by atoms with E-state index in [0.717, 1.165) is 22.8 Å². The van der Waals surface area contributed by atoms with E-state index in [1.807, 2.05) is 43.0 Å². The summed E-state index contributed by atoms with van der Waals surface area (Å²) in [6, 6.07) is 16.5. The zero-order valence-electron chi connectivity index (χ0n) is 12.0. The third-order valence-corrected chi connectivity index (χ3v) is 5.60. The van der Waals surface area contributed by atoms with Crippen LogP contribution >= 0.6 is 11.8 Å². The molecule has 2 aromatic carbocycles. The molecule has 3 heteroatoms. The summed E-state index contributed by atoms with van der Waals surface area (Å²) in [5, 5.41) is 0. The first kappa shape index (κ1) is 15.3. The molecule has 0 saturated carbocycles. The van der Waals surface area contributed by atoms with Gasteiger partial charge < -0.3 is 0 Å². The third kappa shape index (κ3) is 4.80. The van der Waals surface area contributed by atoms with Gasteiger partial charge in [0.15, 0.2) is 0 Å². The fourth-order valence-corrected chi connectivity index (χ4v) is 3.94. The van der Waals surface area contributed by atoms with Gasteiger partial charge in [-0.25, -0.2) is 0 Å². The number of hydrogen-bond acceptors (Lipinski definition) is 2. The lowest BCUT2D eigenvalue weighted by Gasteiger charge is -2.04. The Kier molecular flexibility index (Phi) is 5.86. The van der Waals surface area contributed by atoms with Gasteiger partial charge in [0.2, 0.25) is 0 Å². The zero-order valence-corrected chi connectivity index (χ0v) is 13.6. The molecule has 0 N–H and O–H groups in total. The third-order valence-electron chi connectivity index (χ3n) is 3.05. The highest BCUT2D eigenvalue weighted by atomic mass is 32.2.